The van der Waals surface area contributed by atoms with Crippen LogP contribution in [0.3, 0.4) is 0 Å². The predicted molar refractivity (Wildman–Crippen MR) is 52.3 cm³/mol. The summed E-state index contributed by atoms with van der Waals surface area (Å²) in [6.45, 7) is 5.57. The molecule has 0 bridgehead atoms. The highest BCUT2D eigenvalue weighted by molar-refractivity contribution is 7.54. The van der Waals surface area contributed by atoms with Crippen LogP contribution in [0.15, 0.2) is 0 Å². The smallest absolute Gasteiger partial charge is 0.339 e. The summed E-state index contributed by atoms with van der Waals surface area (Å²) in [4.78, 5) is 13.0. The van der Waals surface area contributed by atoms with Gasteiger partial charge < -0.3 is 13.9 Å². The molecule has 1 aliphatic rings. The van der Waals surface area contributed by atoms with Crippen molar-refractivity contribution in [2.75, 3.05) is 32.5 Å². The summed E-state index contributed by atoms with van der Waals surface area (Å²) < 4.78 is 21.9. The standard InChI is InChI=1S/C8H16NO4P/c1-3-12-14(11,13-4-2)7-8(10)9-5-6-9/h3-7H2,1-2H3. The summed E-state index contributed by atoms with van der Waals surface area (Å²) in [5.74, 6) is -0.143. The van der Waals surface area contributed by atoms with Crippen LogP contribution in [0, 0.1) is 0 Å². The summed E-state index contributed by atoms with van der Waals surface area (Å²) in [6.07, 6.45) is -0.130. The van der Waals surface area contributed by atoms with Crippen LogP contribution in [0.4, 0.5) is 0 Å². The Hall–Kier alpha value is -0.380. The Balaban J connectivity index is 2.48. The molecule has 1 rings (SSSR count). The highest BCUT2D eigenvalue weighted by atomic mass is 31.2. The Kier molecular flexibility index (Phi) is 4.11. The Labute approximate surface area is 83.9 Å². The van der Waals surface area contributed by atoms with E-state index in [1.807, 2.05) is 0 Å². The van der Waals surface area contributed by atoms with Gasteiger partial charge in [-0.25, -0.2) is 0 Å². The summed E-state index contributed by atoms with van der Waals surface area (Å²) in [5, 5.41) is 0. The van der Waals surface area contributed by atoms with Crippen LogP contribution in [-0.2, 0) is 18.4 Å². The molecule has 1 fully saturated rings. The van der Waals surface area contributed by atoms with E-state index < -0.39 is 7.60 Å². The maximum atomic E-state index is 11.9. The van der Waals surface area contributed by atoms with E-state index in [1.165, 1.54) is 0 Å². The Bertz CT molecular complexity index is 242. The third-order valence-corrected chi connectivity index (χ3v) is 3.74. The molecule has 0 radical (unpaired) electrons. The second kappa shape index (κ2) is 4.91. The zero-order valence-corrected chi connectivity index (χ0v) is 9.46. The zero-order chi connectivity index (χ0) is 10.6. The van der Waals surface area contributed by atoms with Gasteiger partial charge in [-0.2, -0.15) is 0 Å². The van der Waals surface area contributed by atoms with Crippen LogP contribution in [0.25, 0.3) is 0 Å². The minimum Gasteiger partial charge on any atom is -0.339 e. The van der Waals surface area contributed by atoms with E-state index in [9.17, 15) is 9.36 Å². The molecular formula is C8H16NO4P. The van der Waals surface area contributed by atoms with Gasteiger partial charge in [-0.3, -0.25) is 9.36 Å². The molecule has 0 aromatic carbocycles. The Morgan fingerprint density at radius 1 is 1.29 bits per heavy atom. The molecule has 6 heteroatoms. The molecule has 1 heterocycles. The van der Waals surface area contributed by atoms with Crippen molar-refractivity contribution in [3.05, 3.63) is 0 Å². The molecule has 1 aliphatic heterocycles. The monoisotopic (exact) mass is 221 g/mol. The molecule has 0 spiro atoms. The number of carbonyl (C=O) groups is 1. The van der Waals surface area contributed by atoms with E-state index in [2.05, 4.69) is 0 Å². The number of nitrogens with zero attached hydrogens (tertiary/aromatic N) is 1. The highest BCUT2D eigenvalue weighted by Crippen LogP contribution is 2.48. The van der Waals surface area contributed by atoms with Crippen LogP contribution in [0.2, 0.25) is 0 Å². The van der Waals surface area contributed by atoms with Gasteiger partial charge in [0.1, 0.15) is 6.16 Å². The number of rotatable bonds is 6. The van der Waals surface area contributed by atoms with E-state index in [1.54, 1.807) is 18.7 Å². The van der Waals surface area contributed by atoms with Gasteiger partial charge in [0.15, 0.2) is 0 Å². The topological polar surface area (TPSA) is 55.6 Å². The molecule has 82 valence electrons. The van der Waals surface area contributed by atoms with Crippen LogP contribution in [0.1, 0.15) is 13.8 Å². The summed E-state index contributed by atoms with van der Waals surface area (Å²) in [6, 6.07) is 0. The van der Waals surface area contributed by atoms with Gasteiger partial charge in [0, 0.05) is 13.1 Å². The van der Waals surface area contributed by atoms with Crippen LogP contribution in [-0.4, -0.2) is 43.3 Å². The zero-order valence-electron chi connectivity index (χ0n) is 8.56. The molecule has 14 heavy (non-hydrogen) atoms. The maximum absolute atomic E-state index is 11.9. The van der Waals surface area contributed by atoms with Crippen LogP contribution < -0.4 is 0 Å². The lowest BCUT2D eigenvalue weighted by Crippen LogP contribution is -2.17. The molecule has 1 saturated heterocycles. The van der Waals surface area contributed by atoms with Gasteiger partial charge in [0.25, 0.3) is 0 Å². The predicted octanol–water partition coefficient (Wildman–Crippen LogP) is 1.09. The lowest BCUT2D eigenvalue weighted by molar-refractivity contribution is -0.123. The van der Waals surface area contributed by atoms with E-state index in [0.29, 0.717) is 13.2 Å². The number of amides is 1. The Morgan fingerprint density at radius 2 is 1.79 bits per heavy atom. The molecule has 0 unspecified atom stereocenters. The first-order valence-corrected chi connectivity index (χ1v) is 6.50. The first kappa shape index (κ1) is 11.7. The number of hydrogen-bond acceptors (Lipinski definition) is 4. The van der Waals surface area contributed by atoms with Crippen molar-refractivity contribution in [1.29, 1.82) is 0 Å². The third kappa shape index (κ3) is 3.40. The minimum absolute atomic E-state index is 0.130. The quantitative estimate of drug-likeness (QED) is 0.497. The minimum atomic E-state index is -3.18. The van der Waals surface area contributed by atoms with E-state index in [0.717, 1.165) is 13.1 Å². The number of hydrogen-bond donors (Lipinski definition) is 0. The first-order valence-electron chi connectivity index (χ1n) is 4.77. The summed E-state index contributed by atoms with van der Waals surface area (Å²) >= 11 is 0. The van der Waals surface area contributed by atoms with Crippen molar-refractivity contribution < 1.29 is 18.4 Å². The fourth-order valence-electron chi connectivity index (χ4n) is 1.09. The SMILES string of the molecule is CCOP(=O)(CC(=O)N1CC1)OCC. The fourth-order valence-corrected chi connectivity index (χ4v) is 2.66. The molecule has 0 N–H and O–H groups in total. The van der Waals surface area contributed by atoms with E-state index >= 15 is 0 Å². The molecule has 0 atom stereocenters. The van der Waals surface area contributed by atoms with Crippen LogP contribution >= 0.6 is 7.60 Å². The van der Waals surface area contributed by atoms with Gasteiger partial charge in [-0.05, 0) is 13.8 Å². The largest absolute Gasteiger partial charge is 0.340 e. The molecule has 0 aromatic heterocycles. The average molecular weight is 221 g/mol. The van der Waals surface area contributed by atoms with Crippen LogP contribution in [0.5, 0.6) is 0 Å². The normalized spacial score (nSPS) is 15.7. The molecule has 0 saturated carbocycles. The maximum Gasteiger partial charge on any atom is 0.340 e. The van der Waals surface area contributed by atoms with Crippen molar-refractivity contribution in [3.63, 3.8) is 0 Å². The van der Waals surface area contributed by atoms with Crippen molar-refractivity contribution in [1.82, 2.24) is 4.90 Å². The lowest BCUT2D eigenvalue weighted by atomic mass is 10.7. The first-order chi connectivity index (χ1) is 6.61. The van der Waals surface area contributed by atoms with Crippen molar-refractivity contribution in [3.8, 4) is 0 Å². The molecule has 0 aromatic rings. The third-order valence-electron chi connectivity index (χ3n) is 1.78. The van der Waals surface area contributed by atoms with E-state index in [-0.39, 0.29) is 12.1 Å². The molecule has 5 nitrogen and oxygen atoms in total. The highest BCUT2D eigenvalue weighted by Gasteiger charge is 2.33. The second-order valence-electron chi connectivity index (χ2n) is 2.99. The molecular weight excluding hydrogens is 205 g/mol. The summed E-state index contributed by atoms with van der Waals surface area (Å²) in [7, 11) is -3.18. The van der Waals surface area contributed by atoms with Gasteiger partial charge >= 0.3 is 7.60 Å². The summed E-state index contributed by atoms with van der Waals surface area (Å²) in [5.41, 5.74) is 0. The van der Waals surface area contributed by atoms with E-state index in [4.69, 9.17) is 9.05 Å². The lowest BCUT2D eigenvalue weighted by Gasteiger charge is -2.16. The van der Waals surface area contributed by atoms with Crippen molar-refractivity contribution >= 4 is 13.5 Å². The van der Waals surface area contributed by atoms with Gasteiger partial charge in [0.2, 0.25) is 5.91 Å². The average Bonchev–Trinajstić information content (AvgIpc) is 2.85. The van der Waals surface area contributed by atoms with Gasteiger partial charge in [-0.15, -0.1) is 0 Å². The fraction of sp³-hybridized carbons (Fsp3) is 0.875. The molecule has 0 aliphatic carbocycles. The van der Waals surface area contributed by atoms with Crippen molar-refractivity contribution in [2.45, 2.75) is 13.8 Å². The number of carbonyl (C=O) groups excluding carboxylic acids is 1. The van der Waals surface area contributed by atoms with Gasteiger partial charge in [-0.1, -0.05) is 0 Å². The second-order valence-corrected chi connectivity index (χ2v) is 5.04. The van der Waals surface area contributed by atoms with Crippen molar-refractivity contribution in [2.24, 2.45) is 0 Å². The van der Waals surface area contributed by atoms with Gasteiger partial charge in [0.05, 0.1) is 13.2 Å². The Morgan fingerprint density at radius 3 is 2.14 bits per heavy atom. The molecule has 1 amide bonds.